The second kappa shape index (κ2) is 7.34. The summed E-state index contributed by atoms with van der Waals surface area (Å²) in [6.45, 7) is 2.01. The van der Waals surface area contributed by atoms with E-state index in [-0.39, 0.29) is 30.3 Å². The molecule has 0 spiro atoms. The third kappa shape index (κ3) is 3.98. The smallest absolute Gasteiger partial charge is 0.228 e. The van der Waals surface area contributed by atoms with Crippen LogP contribution >= 0.6 is 12.4 Å². The fourth-order valence-corrected chi connectivity index (χ4v) is 4.51. The molecule has 2 fully saturated rings. The second-order valence-corrected chi connectivity index (χ2v) is 7.61. The molecule has 3 unspecified atom stereocenters. The Morgan fingerprint density at radius 1 is 1.28 bits per heavy atom. The van der Waals surface area contributed by atoms with Crippen LogP contribution in [0.3, 0.4) is 0 Å². The molecule has 0 saturated carbocycles. The Kier molecular flexibility index (Phi) is 5.35. The van der Waals surface area contributed by atoms with Crippen LogP contribution in [0.25, 0.3) is 0 Å². The molecule has 1 aromatic carbocycles. The van der Waals surface area contributed by atoms with E-state index in [0.29, 0.717) is 30.8 Å². The lowest BCUT2D eigenvalue weighted by Gasteiger charge is -2.29. The molecule has 3 atom stereocenters. The largest absolute Gasteiger partial charge is 0.350 e. The average molecular weight is 364 g/mol. The fraction of sp³-hybridized carbons (Fsp3) is 0.579. The van der Waals surface area contributed by atoms with Gasteiger partial charge in [-0.15, -0.1) is 12.4 Å². The van der Waals surface area contributed by atoms with E-state index in [4.69, 9.17) is 0 Å². The van der Waals surface area contributed by atoms with Gasteiger partial charge in [0.15, 0.2) is 0 Å². The number of benzene rings is 1. The number of hydrogen-bond donors (Lipinski definition) is 3. The number of carbonyl (C=O) groups excluding carboxylic acids is 2. The molecule has 0 aromatic heterocycles. The summed E-state index contributed by atoms with van der Waals surface area (Å²) in [6.07, 6.45) is 5.85. The van der Waals surface area contributed by atoms with Crippen LogP contribution in [0, 0.1) is 5.92 Å². The third-order valence-corrected chi connectivity index (χ3v) is 5.68. The predicted molar refractivity (Wildman–Crippen MR) is 99.9 cm³/mol. The van der Waals surface area contributed by atoms with Crippen molar-refractivity contribution in [2.24, 2.45) is 5.92 Å². The van der Waals surface area contributed by atoms with Gasteiger partial charge < -0.3 is 16.0 Å². The lowest BCUT2D eigenvalue weighted by atomic mass is 9.89. The van der Waals surface area contributed by atoms with Crippen molar-refractivity contribution in [3.63, 3.8) is 0 Å². The van der Waals surface area contributed by atoms with Crippen LogP contribution in [-0.4, -0.2) is 23.9 Å². The molecule has 3 N–H and O–H groups in total. The number of piperidine rings is 1. The summed E-state index contributed by atoms with van der Waals surface area (Å²) >= 11 is 0. The minimum absolute atomic E-state index is 0. The summed E-state index contributed by atoms with van der Waals surface area (Å²) in [6, 6.07) is 7.17. The van der Waals surface area contributed by atoms with Gasteiger partial charge in [0.1, 0.15) is 0 Å². The van der Waals surface area contributed by atoms with Gasteiger partial charge in [0.2, 0.25) is 11.8 Å². The van der Waals surface area contributed by atoms with Crippen LogP contribution in [0.1, 0.15) is 56.2 Å². The molecular weight excluding hydrogens is 338 g/mol. The molecule has 3 aliphatic rings. The van der Waals surface area contributed by atoms with Gasteiger partial charge in [0, 0.05) is 24.2 Å². The van der Waals surface area contributed by atoms with Gasteiger partial charge in [-0.1, -0.05) is 12.1 Å². The van der Waals surface area contributed by atoms with Crippen LogP contribution in [0.5, 0.6) is 0 Å². The molecule has 2 saturated heterocycles. The number of hydrogen-bond acceptors (Lipinski definition) is 3. The standard InChI is InChI=1S/C19H25N3O2.ClH/c1-11(13-2-5-17-14(9-13)10-19(24)22-17)20-18(23)8-12-6-15-3-4-16(7-12)21-15;/h2,5,9,11-12,15-16,21H,3-4,6-8,10H2,1H3,(H,20,23)(H,22,24);1H. The first-order valence-electron chi connectivity index (χ1n) is 9.05. The van der Waals surface area contributed by atoms with Crippen molar-refractivity contribution < 1.29 is 9.59 Å². The zero-order valence-electron chi connectivity index (χ0n) is 14.5. The number of rotatable bonds is 4. The van der Waals surface area contributed by atoms with Crippen molar-refractivity contribution >= 4 is 29.9 Å². The van der Waals surface area contributed by atoms with Crippen molar-refractivity contribution in [1.82, 2.24) is 10.6 Å². The van der Waals surface area contributed by atoms with Crippen LogP contribution in [0.2, 0.25) is 0 Å². The van der Waals surface area contributed by atoms with E-state index in [2.05, 4.69) is 16.0 Å². The summed E-state index contributed by atoms with van der Waals surface area (Å²) in [4.78, 5) is 23.9. The molecule has 0 aliphatic carbocycles. The van der Waals surface area contributed by atoms with Crippen LogP contribution in [0.15, 0.2) is 18.2 Å². The van der Waals surface area contributed by atoms with Gasteiger partial charge in [-0.3, -0.25) is 9.59 Å². The van der Waals surface area contributed by atoms with E-state index in [1.54, 1.807) is 0 Å². The second-order valence-electron chi connectivity index (χ2n) is 7.61. The van der Waals surface area contributed by atoms with Gasteiger partial charge >= 0.3 is 0 Å². The zero-order valence-corrected chi connectivity index (χ0v) is 15.3. The zero-order chi connectivity index (χ0) is 16.7. The Labute approximate surface area is 154 Å². The predicted octanol–water partition coefficient (Wildman–Crippen LogP) is 2.70. The van der Waals surface area contributed by atoms with E-state index in [0.717, 1.165) is 29.7 Å². The highest BCUT2D eigenvalue weighted by molar-refractivity contribution is 5.99. The molecule has 2 bridgehead atoms. The van der Waals surface area contributed by atoms with Gasteiger partial charge in [0.05, 0.1) is 12.5 Å². The Balaban J connectivity index is 0.00000182. The molecule has 5 nitrogen and oxygen atoms in total. The average Bonchev–Trinajstić information content (AvgIpc) is 3.07. The highest BCUT2D eigenvalue weighted by Gasteiger charge is 2.34. The van der Waals surface area contributed by atoms with Crippen molar-refractivity contribution in [3.05, 3.63) is 29.3 Å². The first-order valence-corrected chi connectivity index (χ1v) is 9.05. The Morgan fingerprint density at radius 3 is 2.72 bits per heavy atom. The summed E-state index contributed by atoms with van der Waals surface area (Å²) < 4.78 is 0. The minimum Gasteiger partial charge on any atom is -0.350 e. The lowest BCUT2D eigenvalue weighted by Crippen LogP contribution is -2.40. The Hall–Kier alpha value is -1.59. The number of anilines is 1. The fourth-order valence-electron chi connectivity index (χ4n) is 4.51. The van der Waals surface area contributed by atoms with Crippen molar-refractivity contribution in [2.45, 2.75) is 63.6 Å². The molecule has 25 heavy (non-hydrogen) atoms. The molecule has 2 amide bonds. The van der Waals surface area contributed by atoms with Crippen molar-refractivity contribution in [1.29, 1.82) is 0 Å². The van der Waals surface area contributed by atoms with Gasteiger partial charge in [-0.2, -0.15) is 0 Å². The van der Waals surface area contributed by atoms with E-state index in [9.17, 15) is 9.59 Å². The molecule has 1 aromatic rings. The number of fused-ring (bicyclic) bond motifs is 3. The van der Waals surface area contributed by atoms with Crippen molar-refractivity contribution in [2.75, 3.05) is 5.32 Å². The Morgan fingerprint density at radius 2 is 2.00 bits per heavy atom. The minimum atomic E-state index is -0.0306. The highest BCUT2D eigenvalue weighted by Crippen LogP contribution is 2.33. The van der Waals surface area contributed by atoms with E-state index >= 15 is 0 Å². The van der Waals surface area contributed by atoms with E-state index in [1.165, 1.54) is 12.8 Å². The highest BCUT2D eigenvalue weighted by atomic mass is 35.5. The molecule has 3 heterocycles. The molecule has 4 rings (SSSR count). The SMILES string of the molecule is CC(NC(=O)CC1CC2CCC(C1)N2)c1ccc2c(c1)CC(=O)N2.Cl. The van der Waals surface area contributed by atoms with Crippen LogP contribution in [0.4, 0.5) is 5.69 Å². The first kappa shape index (κ1) is 18.2. The summed E-state index contributed by atoms with van der Waals surface area (Å²) in [5.41, 5.74) is 2.98. The maximum atomic E-state index is 12.4. The number of carbonyl (C=O) groups is 2. The van der Waals surface area contributed by atoms with E-state index in [1.807, 2.05) is 25.1 Å². The van der Waals surface area contributed by atoms with Crippen LogP contribution < -0.4 is 16.0 Å². The number of nitrogens with one attached hydrogen (secondary N) is 3. The molecular formula is C19H26ClN3O2. The maximum absolute atomic E-state index is 12.4. The topological polar surface area (TPSA) is 70.2 Å². The third-order valence-electron chi connectivity index (χ3n) is 5.68. The van der Waals surface area contributed by atoms with Crippen LogP contribution in [-0.2, 0) is 16.0 Å². The van der Waals surface area contributed by atoms with Gasteiger partial charge in [0.25, 0.3) is 0 Å². The summed E-state index contributed by atoms with van der Waals surface area (Å²) in [7, 11) is 0. The Bertz CT molecular complexity index is 667. The number of amides is 2. The van der Waals surface area contributed by atoms with Gasteiger partial charge in [-0.25, -0.2) is 0 Å². The lowest BCUT2D eigenvalue weighted by molar-refractivity contribution is -0.123. The molecule has 0 radical (unpaired) electrons. The molecule has 136 valence electrons. The number of halogens is 1. The normalized spacial score (nSPS) is 27.9. The van der Waals surface area contributed by atoms with Gasteiger partial charge in [-0.05, 0) is 55.7 Å². The van der Waals surface area contributed by atoms with Crippen molar-refractivity contribution in [3.8, 4) is 0 Å². The maximum Gasteiger partial charge on any atom is 0.228 e. The quantitative estimate of drug-likeness (QED) is 0.770. The first-order chi connectivity index (χ1) is 11.6. The molecule has 3 aliphatic heterocycles. The summed E-state index contributed by atoms with van der Waals surface area (Å²) in [5.74, 6) is 0.695. The van der Waals surface area contributed by atoms with E-state index < -0.39 is 0 Å². The summed E-state index contributed by atoms with van der Waals surface area (Å²) in [5, 5.41) is 9.59. The monoisotopic (exact) mass is 363 g/mol. The molecule has 6 heteroatoms.